The first-order valence-electron chi connectivity index (χ1n) is 10.3. The number of benzene rings is 3. The Morgan fingerprint density at radius 3 is 2.38 bits per heavy atom. The number of carbonyl (C=O) groups excluding carboxylic acids is 1. The summed E-state index contributed by atoms with van der Waals surface area (Å²) >= 11 is 6.08. The van der Waals surface area contributed by atoms with Crippen molar-refractivity contribution in [2.24, 2.45) is 5.10 Å². The van der Waals surface area contributed by atoms with Gasteiger partial charge in [-0.15, -0.1) is 0 Å². The van der Waals surface area contributed by atoms with Crippen molar-refractivity contribution in [3.05, 3.63) is 99.1 Å². The van der Waals surface area contributed by atoms with E-state index in [0.717, 1.165) is 6.07 Å². The molecule has 0 radical (unpaired) electrons. The summed E-state index contributed by atoms with van der Waals surface area (Å²) in [6, 6.07) is 14.3. The third-order valence-electron chi connectivity index (χ3n) is 4.98. The summed E-state index contributed by atoms with van der Waals surface area (Å²) in [4.78, 5) is 22.8. The molecule has 37 heavy (non-hydrogen) atoms. The number of hydrazone groups is 1. The molecule has 0 unspecified atom stereocenters. The zero-order chi connectivity index (χ0) is 27.4. The summed E-state index contributed by atoms with van der Waals surface area (Å²) in [7, 11) is -4.54. The number of hydrogen-bond acceptors (Lipinski definition) is 6. The third-order valence-corrected chi connectivity index (χ3v) is 7.08. The third kappa shape index (κ3) is 6.62. The molecule has 0 aliphatic carbocycles. The first-order valence-corrected chi connectivity index (χ1v) is 12.1. The number of nitro groups is 1. The molecule has 1 N–H and O–H groups in total. The largest absolute Gasteiger partial charge is 0.416 e. The maximum absolute atomic E-state index is 13.3. The molecule has 9 nitrogen and oxygen atoms in total. The Morgan fingerprint density at radius 1 is 1.08 bits per heavy atom. The Hall–Kier alpha value is -3.97. The quantitative estimate of drug-likeness (QED) is 0.238. The summed E-state index contributed by atoms with van der Waals surface area (Å²) < 4.78 is 67.2. The number of halogens is 4. The van der Waals surface area contributed by atoms with Gasteiger partial charge in [-0.3, -0.25) is 19.2 Å². The molecule has 1 amide bonds. The fraction of sp³-hybridized carbons (Fsp3) is 0.130. The van der Waals surface area contributed by atoms with E-state index < -0.39 is 44.8 Å². The zero-order valence-corrected chi connectivity index (χ0v) is 20.5. The Labute approximate surface area is 214 Å². The number of rotatable bonds is 8. The average molecular weight is 555 g/mol. The van der Waals surface area contributed by atoms with Gasteiger partial charge in [-0.2, -0.15) is 18.3 Å². The van der Waals surface area contributed by atoms with Crippen LogP contribution in [0.2, 0.25) is 5.02 Å². The van der Waals surface area contributed by atoms with Gasteiger partial charge in [0.2, 0.25) is 0 Å². The Morgan fingerprint density at radius 2 is 1.76 bits per heavy atom. The number of anilines is 1. The van der Waals surface area contributed by atoms with E-state index in [1.165, 1.54) is 55.5 Å². The highest BCUT2D eigenvalue weighted by atomic mass is 35.5. The molecule has 0 saturated heterocycles. The molecule has 0 spiro atoms. The Kier molecular flexibility index (Phi) is 8.18. The number of amides is 1. The first kappa shape index (κ1) is 27.6. The molecule has 3 aromatic carbocycles. The van der Waals surface area contributed by atoms with Crippen molar-refractivity contribution < 1.29 is 31.3 Å². The van der Waals surface area contributed by atoms with Crippen LogP contribution in [0.25, 0.3) is 0 Å². The maximum Gasteiger partial charge on any atom is 0.416 e. The number of nitrogens with zero attached hydrogens (tertiary/aromatic N) is 3. The SMILES string of the molecule is C/C(=N/NC(=O)CN(c1cc(C(F)(F)F)ccc1Cl)S(=O)(=O)c1ccccc1)c1cccc([N+](=O)[O-])c1. The van der Waals surface area contributed by atoms with Crippen LogP contribution in [0.5, 0.6) is 0 Å². The van der Waals surface area contributed by atoms with E-state index in [1.807, 2.05) is 0 Å². The molecule has 0 fully saturated rings. The minimum Gasteiger partial charge on any atom is -0.271 e. The van der Waals surface area contributed by atoms with Crippen molar-refractivity contribution in [3.8, 4) is 0 Å². The molecule has 0 heterocycles. The van der Waals surface area contributed by atoms with Gasteiger partial charge in [-0.05, 0) is 37.3 Å². The monoisotopic (exact) mass is 554 g/mol. The van der Waals surface area contributed by atoms with Crippen LogP contribution in [0.15, 0.2) is 82.8 Å². The van der Waals surface area contributed by atoms with Gasteiger partial charge in [0.1, 0.15) is 6.54 Å². The van der Waals surface area contributed by atoms with Crippen molar-refractivity contribution >= 4 is 44.6 Å². The lowest BCUT2D eigenvalue weighted by molar-refractivity contribution is -0.384. The van der Waals surface area contributed by atoms with Crippen LogP contribution in [-0.4, -0.2) is 31.5 Å². The zero-order valence-electron chi connectivity index (χ0n) is 18.9. The van der Waals surface area contributed by atoms with Gasteiger partial charge in [0.25, 0.3) is 21.6 Å². The molecule has 0 aliphatic heterocycles. The van der Waals surface area contributed by atoms with Gasteiger partial charge in [0.05, 0.1) is 31.8 Å². The second-order valence-electron chi connectivity index (χ2n) is 7.53. The van der Waals surface area contributed by atoms with Crippen molar-refractivity contribution in [2.45, 2.75) is 18.0 Å². The number of alkyl halides is 3. The van der Waals surface area contributed by atoms with Crippen molar-refractivity contribution in [1.82, 2.24) is 5.43 Å². The normalized spacial score (nSPS) is 12.2. The number of non-ortho nitro benzene ring substituents is 1. The van der Waals surface area contributed by atoms with E-state index in [9.17, 15) is 36.5 Å². The van der Waals surface area contributed by atoms with Crippen LogP contribution >= 0.6 is 11.6 Å². The summed E-state index contributed by atoms with van der Waals surface area (Å²) in [5.74, 6) is -1.00. The fourth-order valence-corrected chi connectivity index (χ4v) is 4.84. The van der Waals surface area contributed by atoms with Crippen LogP contribution in [0.1, 0.15) is 18.1 Å². The average Bonchev–Trinajstić information content (AvgIpc) is 2.86. The molecule has 0 atom stereocenters. The van der Waals surface area contributed by atoms with Crippen molar-refractivity contribution in [1.29, 1.82) is 0 Å². The summed E-state index contributed by atoms with van der Waals surface area (Å²) in [6.45, 7) is 0.478. The summed E-state index contributed by atoms with van der Waals surface area (Å²) in [5, 5.41) is 14.5. The highest BCUT2D eigenvalue weighted by Gasteiger charge is 2.34. The minimum atomic E-state index is -4.80. The van der Waals surface area contributed by atoms with Gasteiger partial charge in [-0.25, -0.2) is 13.8 Å². The number of nitrogens with one attached hydrogen (secondary N) is 1. The lowest BCUT2D eigenvalue weighted by Gasteiger charge is -2.25. The molecule has 0 aliphatic rings. The van der Waals surface area contributed by atoms with Crippen LogP contribution in [0.3, 0.4) is 0 Å². The Bertz CT molecular complexity index is 1460. The van der Waals surface area contributed by atoms with Gasteiger partial charge in [-0.1, -0.05) is 41.9 Å². The molecule has 194 valence electrons. The molecule has 0 saturated carbocycles. The second-order valence-corrected chi connectivity index (χ2v) is 9.80. The van der Waals surface area contributed by atoms with Crippen LogP contribution in [-0.2, 0) is 21.0 Å². The topological polar surface area (TPSA) is 122 Å². The number of carbonyl (C=O) groups is 1. The van der Waals surface area contributed by atoms with Gasteiger partial charge in [0, 0.05) is 17.7 Å². The minimum absolute atomic E-state index is 0.159. The predicted octanol–water partition coefficient (Wildman–Crippen LogP) is 5.00. The van der Waals surface area contributed by atoms with Crippen LogP contribution < -0.4 is 9.73 Å². The van der Waals surface area contributed by atoms with Gasteiger partial charge < -0.3 is 0 Å². The lowest BCUT2D eigenvalue weighted by Crippen LogP contribution is -2.40. The molecule has 0 bridgehead atoms. The van der Waals surface area contributed by atoms with E-state index >= 15 is 0 Å². The van der Waals surface area contributed by atoms with Crippen LogP contribution in [0.4, 0.5) is 24.5 Å². The second kappa shape index (κ2) is 11.0. The maximum atomic E-state index is 13.3. The van der Waals surface area contributed by atoms with E-state index in [1.54, 1.807) is 6.07 Å². The molecular formula is C23H18ClF3N4O5S. The Balaban J connectivity index is 1.97. The molecule has 14 heteroatoms. The number of hydrogen-bond donors (Lipinski definition) is 1. The molecule has 0 aromatic heterocycles. The molecule has 3 rings (SSSR count). The van der Waals surface area contributed by atoms with E-state index in [2.05, 4.69) is 10.5 Å². The van der Waals surface area contributed by atoms with Crippen molar-refractivity contribution in [3.63, 3.8) is 0 Å². The molecular weight excluding hydrogens is 537 g/mol. The molecule has 3 aromatic rings. The summed E-state index contributed by atoms with van der Waals surface area (Å²) in [6.07, 6.45) is -4.80. The van der Waals surface area contributed by atoms with Gasteiger partial charge >= 0.3 is 6.18 Å². The lowest BCUT2D eigenvalue weighted by atomic mass is 10.1. The predicted molar refractivity (Wildman–Crippen MR) is 131 cm³/mol. The van der Waals surface area contributed by atoms with Crippen LogP contribution in [0, 0.1) is 10.1 Å². The summed E-state index contributed by atoms with van der Waals surface area (Å²) in [5.41, 5.74) is 0.656. The van der Waals surface area contributed by atoms with E-state index in [4.69, 9.17) is 11.6 Å². The van der Waals surface area contributed by atoms with Crippen molar-refractivity contribution in [2.75, 3.05) is 10.8 Å². The highest BCUT2D eigenvalue weighted by Crippen LogP contribution is 2.37. The highest BCUT2D eigenvalue weighted by molar-refractivity contribution is 7.92. The number of nitro benzene ring substituents is 1. The van der Waals surface area contributed by atoms with E-state index in [0.29, 0.717) is 22.0 Å². The first-order chi connectivity index (χ1) is 17.3. The standard InChI is InChI=1S/C23H18ClF3N4O5S/c1-15(16-6-5-7-18(12-16)31(33)34)28-29-22(32)14-30(37(35,36)19-8-3-2-4-9-19)21-13-17(23(25,26)27)10-11-20(21)24/h2-13H,14H2,1H3,(H,29,32)/b28-15-. The fourth-order valence-electron chi connectivity index (χ4n) is 3.12. The van der Waals surface area contributed by atoms with Gasteiger partial charge in [0.15, 0.2) is 0 Å². The number of sulfonamides is 1. The smallest absolute Gasteiger partial charge is 0.271 e. The van der Waals surface area contributed by atoms with E-state index in [-0.39, 0.29) is 21.3 Å².